The van der Waals surface area contributed by atoms with Crippen LogP contribution in [-0.4, -0.2) is 27.7 Å². The Hall–Kier alpha value is -2.08. The summed E-state index contributed by atoms with van der Waals surface area (Å²) in [6.45, 7) is 0.674. The number of hydrogen-bond donors (Lipinski definition) is 3. The highest BCUT2D eigenvalue weighted by Gasteiger charge is 2.18. The summed E-state index contributed by atoms with van der Waals surface area (Å²) in [4.78, 5) is 16.6. The zero-order valence-corrected chi connectivity index (χ0v) is 10.1. The van der Waals surface area contributed by atoms with Gasteiger partial charge in [0.2, 0.25) is 0 Å². The predicted octanol–water partition coefficient (Wildman–Crippen LogP) is 2.37. The first-order valence-corrected chi connectivity index (χ1v) is 5.87. The van der Waals surface area contributed by atoms with Crippen molar-refractivity contribution < 1.29 is 14.6 Å². The van der Waals surface area contributed by atoms with E-state index in [9.17, 15) is 4.79 Å². The molecule has 0 unspecified atom stereocenters. The molecule has 0 amide bonds. The molecule has 0 bridgehead atoms. The number of rotatable bonds is 2. The third-order valence-corrected chi connectivity index (χ3v) is 3.12. The van der Waals surface area contributed by atoms with Crippen molar-refractivity contribution in [3.63, 3.8) is 0 Å². The van der Waals surface area contributed by atoms with Crippen molar-refractivity contribution in [2.75, 3.05) is 6.61 Å². The summed E-state index contributed by atoms with van der Waals surface area (Å²) in [6, 6.07) is 5.61. The largest absolute Gasteiger partial charge is 0.493 e. The van der Waals surface area contributed by atoms with Gasteiger partial charge in [-0.15, -0.1) is 0 Å². The molecule has 2 aromatic rings. The fraction of sp³-hybridized carbons (Fsp3) is 0.167. The average molecular weight is 262 g/mol. The number of H-pyrrole nitrogens is 2. The minimum atomic E-state index is -1.03. The number of aromatic carboxylic acids is 1. The molecule has 0 radical (unpaired) electrons. The Bertz CT molecular complexity index is 687. The fourth-order valence-electron chi connectivity index (χ4n) is 2.10. The molecular formula is C12H10N2O3S. The Balaban J connectivity index is 2.15. The van der Waals surface area contributed by atoms with Crippen LogP contribution in [0.25, 0.3) is 11.3 Å². The number of carbonyl (C=O) groups is 1. The van der Waals surface area contributed by atoms with E-state index in [1.807, 2.05) is 18.2 Å². The van der Waals surface area contributed by atoms with Crippen molar-refractivity contribution in [1.29, 1.82) is 0 Å². The fourth-order valence-corrected chi connectivity index (χ4v) is 2.31. The number of fused-ring (bicyclic) bond motifs is 1. The number of carboxylic acid groups (broad SMARTS) is 1. The van der Waals surface area contributed by atoms with Gasteiger partial charge in [-0.1, -0.05) is 0 Å². The van der Waals surface area contributed by atoms with E-state index >= 15 is 0 Å². The van der Waals surface area contributed by atoms with Gasteiger partial charge in [0.15, 0.2) is 10.5 Å². The van der Waals surface area contributed by atoms with Crippen molar-refractivity contribution in [3.05, 3.63) is 34.2 Å². The lowest BCUT2D eigenvalue weighted by Gasteiger charge is -2.03. The maximum absolute atomic E-state index is 11.1. The first-order chi connectivity index (χ1) is 8.65. The van der Waals surface area contributed by atoms with E-state index in [-0.39, 0.29) is 5.69 Å². The molecule has 0 atom stereocenters. The number of nitrogens with one attached hydrogen (secondary N) is 2. The first kappa shape index (κ1) is 11.0. The number of carboxylic acids is 1. The Morgan fingerprint density at radius 3 is 3.00 bits per heavy atom. The van der Waals surface area contributed by atoms with Gasteiger partial charge in [-0.25, -0.2) is 4.79 Å². The quantitative estimate of drug-likeness (QED) is 0.726. The second kappa shape index (κ2) is 3.99. The Labute approximate surface area is 107 Å². The van der Waals surface area contributed by atoms with E-state index in [1.54, 1.807) is 0 Å². The molecule has 3 N–H and O–H groups in total. The summed E-state index contributed by atoms with van der Waals surface area (Å²) in [5.41, 5.74) is 2.47. The monoisotopic (exact) mass is 262 g/mol. The number of benzene rings is 1. The number of imidazole rings is 1. The minimum absolute atomic E-state index is 0.0823. The van der Waals surface area contributed by atoms with Crippen LogP contribution in [0.3, 0.4) is 0 Å². The van der Waals surface area contributed by atoms with E-state index in [4.69, 9.17) is 22.1 Å². The number of aromatic amines is 2. The Kier molecular flexibility index (Phi) is 2.45. The van der Waals surface area contributed by atoms with Crippen LogP contribution in [0.5, 0.6) is 5.75 Å². The van der Waals surface area contributed by atoms with Gasteiger partial charge in [0.1, 0.15) is 5.75 Å². The van der Waals surface area contributed by atoms with Crippen LogP contribution < -0.4 is 4.74 Å². The molecule has 92 valence electrons. The lowest BCUT2D eigenvalue weighted by atomic mass is 10.1. The van der Waals surface area contributed by atoms with Crippen molar-refractivity contribution in [2.24, 2.45) is 0 Å². The molecule has 3 rings (SSSR count). The first-order valence-electron chi connectivity index (χ1n) is 5.47. The third kappa shape index (κ3) is 1.70. The molecule has 1 aliphatic heterocycles. The lowest BCUT2D eigenvalue weighted by Crippen LogP contribution is -1.99. The highest BCUT2D eigenvalue weighted by Crippen LogP contribution is 2.30. The highest BCUT2D eigenvalue weighted by atomic mass is 32.1. The molecular weight excluding hydrogens is 252 g/mol. The normalized spacial score (nSPS) is 13.1. The van der Waals surface area contributed by atoms with Crippen LogP contribution in [0.1, 0.15) is 16.1 Å². The molecule has 2 heterocycles. The van der Waals surface area contributed by atoms with Crippen molar-refractivity contribution in [1.82, 2.24) is 9.97 Å². The number of ether oxygens (including phenoxy) is 1. The topological polar surface area (TPSA) is 78.1 Å². The van der Waals surface area contributed by atoms with Gasteiger partial charge in [-0.3, -0.25) is 0 Å². The van der Waals surface area contributed by atoms with Crippen LogP contribution in [-0.2, 0) is 6.42 Å². The molecule has 1 aromatic carbocycles. The highest BCUT2D eigenvalue weighted by molar-refractivity contribution is 7.71. The third-order valence-electron chi connectivity index (χ3n) is 2.92. The molecule has 5 nitrogen and oxygen atoms in total. The summed E-state index contributed by atoms with van der Waals surface area (Å²) in [7, 11) is 0. The number of hydrogen-bond acceptors (Lipinski definition) is 3. The van der Waals surface area contributed by atoms with E-state index in [1.165, 1.54) is 0 Å². The van der Waals surface area contributed by atoms with Crippen LogP contribution >= 0.6 is 12.2 Å². The molecule has 0 saturated carbocycles. The van der Waals surface area contributed by atoms with E-state index < -0.39 is 5.97 Å². The van der Waals surface area contributed by atoms with Crippen LogP contribution in [0, 0.1) is 4.77 Å². The summed E-state index contributed by atoms with van der Waals surface area (Å²) in [5, 5.41) is 9.11. The smallest absolute Gasteiger partial charge is 0.354 e. The molecule has 0 aliphatic carbocycles. The Morgan fingerprint density at radius 2 is 2.22 bits per heavy atom. The molecule has 1 aliphatic rings. The second-order valence-corrected chi connectivity index (χ2v) is 4.46. The summed E-state index contributed by atoms with van der Waals surface area (Å²) in [5.74, 6) is -0.168. The standard InChI is InChI=1S/C12H10N2O3S/c15-11(16)10-9(13-12(18)14-10)7-1-2-8-6(5-7)3-4-17-8/h1-2,5H,3-4H2,(H,15,16)(H2,13,14,18). The van der Waals surface area contributed by atoms with Crippen molar-refractivity contribution in [3.8, 4) is 17.0 Å². The lowest BCUT2D eigenvalue weighted by molar-refractivity contribution is 0.0692. The molecule has 1 aromatic heterocycles. The van der Waals surface area contributed by atoms with E-state index in [0.717, 1.165) is 23.3 Å². The molecule has 0 spiro atoms. The molecule has 0 fully saturated rings. The summed E-state index contributed by atoms with van der Waals surface area (Å²) in [6.07, 6.45) is 0.844. The average Bonchev–Trinajstić information content (AvgIpc) is 2.93. The van der Waals surface area contributed by atoms with Gasteiger partial charge in [-0.2, -0.15) is 0 Å². The second-order valence-electron chi connectivity index (χ2n) is 4.06. The van der Waals surface area contributed by atoms with Crippen LogP contribution in [0.15, 0.2) is 18.2 Å². The summed E-state index contributed by atoms with van der Waals surface area (Å²) >= 11 is 4.94. The zero-order chi connectivity index (χ0) is 12.7. The van der Waals surface area contributed by atoms with Crippen LogP contribution in [0.4, 0.5) is 0 Å². The van der Waals surface area contributed by atoms with E-state index in [0.29, 0.717) is 17.1 Å². The number of aromatic nitrogens is 2. The molecule has 6 heteroatoms. The SMILES string of the molecule is O=C(O)c1[nH]c(=S)[nH]c1-c1ccc2c(c1)CCO2. The van der Waals surface area contributed by atoms with Gasteiger partial charge < -0.3 is 19.8 Å². The Morgan fingerprint density at radius 1 is 1.39 bits per heavy atom. The van der Waals surface area contributed by atoms with Crippen LogP contribution in [0.2, 0.25) is 0 Å². The predicted molar refractivity (Wildman–Crippen MR) is 67.6 cm³/mol. The molecule has 0 saturated heterocycles. The maximum Gasteiger partial charge on any atom is 0.354 e. The minimum Gasteiger partial charge on any atom is -0.493 e. The van der Waals surface area contributed by atoms with Gasteiger partial charge >= 0.3 is 5.97 Å². The van der Waals surface area contributed by atoms with E-state index in [2.05, 4.69) is 9.97 Å². The van der Waals surface area contributed by atoms with Gasteiger partial charge in [-0.05, 0) is 36.0 Å². The van der Waals surface area contributed by atoms with Gasteiger partial charge in [0.05, 0.1) is 12.3 Å². The van der Waals surface area contributed by atoms with Gasteiger partial charge in [0.25, 0.3) is 0 Å². The van der Waals surface area contributed by atoms with Crippen molar-refractivity contribution >= 4 is 18.2 Å². The van der Waals surface area contributed by atoms with Crippen molar-refractivity contribution in [2.45, 2.75) is 6.42 Å². The zero-order valence-electron chi connectivity index (χ0n) is 9.32. The summed E-state index contributed by atoms with van der Waals surface area (Å²) < 4.78 is 5.72. The maximum atomic E-state index is 11.1. The van der Waals surface area contributed by atoms with Gasteiger partial charge in [0, 0.05) is 12.0 Å². The molecule has 18 heavy (non-hydrogen) atoms.